The van der Waals surface area contributed by atoms with Gasteiger partial charge in [0.05, 0.1) is 13.0 Å². The van der Waals surface area contributed by atoms with Crippen LogP contribution >= 0.6 is 0 Å². The first-order valence-corrected chi connectivity index (χ1v) is 6.53. The number of nitrogens with zero attached hydrogens (tertiary/aromatic N) is 2. The summed E-state index contributed by atoms with van der Waals surface area (Å²) in [5, 5.41) is 9.14. The van der Waals surface area contributed by atoms with Crippen molar-refractivity contribution in [2.24, 2.45) is 0 Å². The van der Waals surface area contributed by atoms with E-state index < -0.39 is 0 Å². The summed E-state index contributed by atoms with van der Waals surface area (Å²) in [4.78, 5) is 16.0. The van der Waals surface area contributed by atoms with Gasteiger partial charge in [0.2, 0.25) is 5.91 Å². The van der Waals surface area contributed by atoms with Gasteiger partial charge < -0.3 is 19.6 Å². The van der Waals surface area contributed by atoms with Crippen LogP contribution in [-0.4, -0.2) is 60.6 Å². The SMILES string of the molecule is CN1CCN(C(=O)CCOc2ccc(O)cc2)CC1. The molecule has 1 amide bonds. The van der Waals surface area contributed by atoms with Crippen LogP contribution < -0.4 is 4.74 Å². The summed E-state index contributed by atoms with van der Waals surface area (Å²) in [7, 11) is 2.07. The Morgan fingerprint density at radius 3 is 2.47 bits per heavy atom. The van der Waals surface area contributed by atoms with Crippen LogP contribution in [0.1, 0.15) is 6.42 Å². The maximum absolute atomic E-state index is 11.9. The van der Waals surface area contributed by atoms with Gasteiger partial charge in [-0.3, -0.25) is 4.79 Å². The second-order valence-electron chi connectivity index (χ2n) is 4.78. The van der Waals surface area contributed by atoms with Crippen LogP contribution in [0.4, 0.5) is 0 Å². The fourth-order valence-electron chi connectivity index (χ4n) is 2.01. The van der Waals surface area contributed by atoms with E-state index in [1.54, 1.807) is 24.3 Å². The molecule has 1 aliphatic rings. The normalized spacial score (nSPS) is 16.4. The molecule has 1 heterocycles. The Labute approximate surface area is 113 Å². The second kappa shape index (κ2) is 6.43. The van der Waals surface area contributed by atoms with Gasteiger partial charge in [0.15, 0.2) is 0 Å². The topological polar surface area (TPSA) is 53.0 Å². The number of aromatic hydroxyl groups is 1. The number of likely N-dealkylation sites (N-methyl/N-ethyl adjacent to an activating group) is 1. The number of phenols is 1. The van der Waals surface area contributed by atoms with Crippen LogP contribution in [0.25, 0.3) is 0 Å². The number of piperazine rings is 1. The molecule has 2 rings (SSSR count). The van der Waals surface area contributed by atoms with E-state index in [1.165, 1.54) is 0 Å². The molecule has 1 aliphatic heterocycles. The summed E-state index contributed by atoms with van der Waals surface area (Å²) < 4.78 is 5.47. The van der Waals surface area contributed by atoms with Crippen molar-refractivity contribution in [1.82, 2.24) is 9.80 Å². The fourth-order valence-corrected chi connectivity index (χ4v) is 2.01. The first-order valence-electron chi connectivity index (χ1n) is 6.53. The number of hydrogen-bond acceptors (Lipinski definition) is 4. The Morgan fingerprint density at radius 1 is 1.21 bits per heavy atom. The van der Waals surface area contributed by atoms with Gasteiger partial charge in [0.1, 0.15) is 11.5 Å². The standard InChI is InChI=1S/C14H20N2O3/c1-15-7-9-16(10-8-15)14(18)6-11-19-13-4-2-12(17)3-5-13/h2-5,17H,6-11H2,1H3. The smallest absolute Gasteiger partial charge is 0.226 e. The molecular formula is C14H20N2O3. The van der Waals surface area contributed by atoms with Crippen LogP contribution in [0.2, 0.25) is 0 Å². The summed E-state index contributed by atoms with van der Waals surface area (Å²) in [5.41, 5.74) is 0. The molecule has 1 aromatic carbocycles. The molecule has 0 aliphatic carbocycles. The Hall–Kier alpha value is -1.75. The number of hydrogen-bond donors (Lipinski definition) is 1. The van der Waals surface area contributed by atoms with Crippen molar-refractivity contribution in [3.05, 3.63) is 24.3 Å². The molecule has 1 N–H and O–H groups in total. The molecule has 0 unspecified atom stereocenters. The summed E-state index contributed by atoms with van der Waals surface area (Å²) in [6, 6.07) is 6.51. The molecule has 5 nitrogen and oxygen atoms in total. The minimum atomic E-state index is 0.145. The van der Waals surface area contributed by atoms with Gasteiger partial charge >= 0.3 is 0 Å². The monoisotopic (exact) mass is 264 g/mol. The van der Waals surface area contributed by atoms with E-state index in [1.807, 2.05) is 4.90 Å². The van der Waals surface area contributed by atoms with E-state index in [0.29, 0.717) is 18.8 Å². The lowest BCUT2D eigenvalue weighted by Crippen LogP contribution is -2.47. The molecule has 1 fully saturated rings. The van der Waals surface area contributed by atoms with Crippen LogP contribution in [0.5, 0.6) is 11.5 Å². The Balaban J connectivity index is 1.70. The van der Waals surface area contributed by atoms with Crippen molar-refractivity contribution in [1.29, 1.82) is 0 Å². The van der Waals surface area contributed by atoms with Gasteiger partial charge in [-0.05, 0) is 31.3 Å². The lowest BCUT2D eigenvalue weighted by molar-refractivity contribution is -0.133. The van der Waals surface area contributed by atoms with Crippen molar-refractivity contribution < 1.29 is 14.6 Å². The van der Waals surface area contributed by atoms with Crippen molar-refractivity contribution in [3.63, 3.8) is 0 Å². The van der Waals surface area contributed by atoms with Crippen LogP contribution in [-0.2, 0) is 4.79 Å². The van der Waals surface area contributed by atoms with Gasteiger partial charge in [0, 0.05) is 26.2 Å². The first-order chi connectivity index (χ1) is 9.15. The molecule has 104 valence electrons. The number of ether oxygens (including phenoxy) is 1. The minimum Gasteiger partial charge on any atom is -0.508 e. The lowest BCUT2D eigenvalue weighted by Gasteiger charge is -2.32. The summed E-state index contributed by atoms with van der Waals surface area (Å²) in [5.74, 6) is 1.02. The molecule has 5 heteroatoms. The average Bonchev–Trinajstić information content (AvgIpc) is 2.41. The van der Waals surface area contributed by atoms with Gasteiger partial charge in [0.25, 0.3) is 0 Å². The van der Waals surface area contributed by atoms with Gasteiger partial charge in [-0.2, -0.15) is 0 Å². The third-order valence-electron chi connectivity index (χ3n) is 3.28. The molecule has 1 aromatic rings. The molecular weight excluding hydrogens is 244 g/mol. The van der Waals surface area contributed by atoms with Crippen molar-refractivity contribution >= 4 is 5.91 Å². The van der Waals surface area contributed by atoms with Gasteiger partial charge in [-0.1, -0.05) is 0 Å². The average molecular weight is 264 g/mol. The molecule has 19 heavy (non-hydrogen) atoms. The Bertz CT molecular complexity index is 411. The van der Waals surface area contributed by atoms with E-state index in [9.17, 15) is 4.79 Å². The molecule has 0 atom stereocenters. The van der Waals surface area contributed by atoms with Crippen LogP contribution in [0.3, 0.4) is 0 Å². The lowest BCUT2D eigenvalue weighted by atomic mass is 10.3. The highest BCUT2D eigenvalue weighted by Crippen LogP contribution is 2.16. The summed E-state index contributed by atoms with van der Waals surface area (Å²) in [6.45, 7) is 3.84. The second-order valence-corrected chi connectivity index (χ2v) is 4.78. The van der Waals surface area contributed by atoms with Gasteiger partial charge in [-0.15, -0.1) is 0 Å². The van der Waals surface area contributed by atoms with E-state index in [2.05, 4.69) is 11.9 Å². The molecule has 0 radical (unpaired) electrons. The van der Waals surface area contributed by atoms with Crippen molar-refractivity contribution in [2.75, 3.05) is 39.8 Å². The molecule has 0 bridgehead atoms. The van der Waals surface area contributed by atoms with E-state index in [-0.39, 0.29) is 11.7 Å². The highest BCUT2D eigenvalue weighted by molar-refractivity contribution is 5.76. The molecule has 0 spiro atoms. The van der Waals surface area contributed by atoms with E-state index >= 15 is 0 Å². The number of benzene rings is 1. The predicted molar refractivity (Wildman–Crippen MR) is 72.3 cm³/mol. The molecule has 0 aromatic heterocycles. The third-order valence-corrected chi connectivity index (χ3v) is 3.28. The third kappa shape index (κ3) is 4.13. The minimum absolute atomic E-state index is 0.145. The molecule has 1 saturated heterocycles. The number of amides is 1. The first kappa shape index (κ1) is 13.7. The summed E-state index contributed by atoms with van der Waals surface area (Å²) >= 11 is 0. The Kier molecular flexibility index (Phi) is 4.63. The fraction of sp³-hybridized carbons (Fsp3) is 0.500. The number of carbonyl (C=O) groups excluding carboxylic acids is 1. The zero-order valence-electron chi connectivity index (χ0n) is 11.2. The highest BCUT2D eigenvalue weighted by Gasteiger charge is 2.18. The summed E-state index contributed by atoms with van der Waals surface area (Å²) in [6.07, 6.45) is 0.393. The zero-order valence-corrected chi connectivity index (χ0v) is 11.2. The largest absolute Gasteiger partial charge is 0.508 e. The van der Waals surface area contributed by atoms with E-state index in [0.717, 1.165) is 26.2 Å². The molecule has 0 saturated carbocycles. The van der Waals surface area contributed by atoms with E-state index in [4.69, 9.17) is 9.84 Å². The van der Waals surface area contributed by atoms with Crippen LogP contribution in [0.15, 0.2) is 24.3 Å². The zero-order chi connectivity index (χ0) is 13.7. The predicted octanol–water partition coefficient (Wildman–Crippen LogP) is 0.935. The highest BCUT2D eigenvalue weighted by atomic mass is 16.5. The Morgan fingerprint density at radius 2 is 1.84 bits per heavy atom. The quantitative estimate of drug-likeness (QED) is 0.879. The van der Waals surface area contributed by atoms with Gasteiger partial charge in [-0.25, -0.2) is 0 Å². The number of rotatable bonds is 4. The number of phenolic OH excluding ortho intramolecular Hbond substituents is 1. The maximum atomic E-state index is 11.9. The number of carbonyl (C=O) groups is 1. The van der Waals surface area contributed by atoms with Crippen molar-refractivity contribution in [3.8, 4) is 11.5 Å². The maximum Gasteiger partial charge on any atom is 0.226 e. The van der Waals surface area contributed by atoms with Crippen molar-refractivity contribution in [2.45, 2.75) is 6.42 Å². The van der Waals surface area contributed by atoms with Crippen LogP contribution in [0, 0.1) is 0 Å².